The van der Waals surface area contributed by atoms with Crippen LogP contribution in [0.3, 0.4) is 0 Å². The minimum absolute atomic E-state index is 0.0514. The first-order valence-corrected chi connectivity index (χ1v) is 10.5. The fourth-order valence-corrected chi connectivity index (χ4v) is 5.14. The smallest absolute Gasteiger partial charge is 0.236 e. The standard InChI is InChI=1S/C22H26N2O2S/c1-26-19-9-7-17(8-10-19)16-23-11-4-12-24(14-13-23)22(25)21-15-18-5-2-3-6-20(18)27-21/h2-3,5-10,21H,4,11-16H2,1H3. The van der Waals surface area contributed by atoms with Crippen LogP contribution in [0.5, 0.6) is 5.75 Å². The summed E-state index contributed by atoms with van der Waals surface area (Å²) < 4.78 is 5.23. The van der Waals surface area contributed by atoms with E-state index < -0.39 is 0 Å². The molecule has 0 radical (unpaired) electrons. The van der Waals surface area contributed by atoms with E-state index in [0.717, 1.165) is 51.3 Å². The SMILES string of the molecule is COc1ccc(CN2CCCN(C(=O)C3Cc4ccccc4S3)CC2)cc1. The number of methoxy groups -OCH3 is 1. The van der Waals surface area contributed by atoms with Crippen molar-refractivity contribution in [2.24, 2.45) is 0 Å². The van der Waals surface area contributed by atoms with Crippen molar-refractivity contribution >= 4 is 17.7 Å². The number of carbonyl (C=O) groups excluding carboxylic acids is 1. The zero-order chi connectivity index (χ0) is 18.6. The molecule has 4 rings (SSSR count). The summed E-state index contributed by atoms with van der Waals surface area (Å²) in [6.45, 7) is 4.58. The number of amides is 1. The lowest BCUT2D eigenvalue weighted by atomic mass is 10.1. The summed E-state index contributed by atoms with van der Waals surface area (Å²) in [6, 6.07) is 16.7. The van der Waals surface area contributed by atoms with Gasteiger partial charge in [-0.1, -0.05) is 30.3 Å². The molecule has 1 atom stereocenters. The van der Waals surface area contributed by atoms with Crippen molar-refractivity contribution in [2.75, 3.05) is 33.3 Å². The van der Waals surface area contributed by atoms with Crippen molar-refractivity contribution < 1.29 is 9.53 Å². The Labute approximate surface area is 165 Å². The van der Waals surface area contributed by atoms with E-state index in [-0.39, 0.29) is 5.25 Å². The minimum atomic E-state index is 0.0514. The first-order chi connectivity index (χ1) is 13.2. The Morgan fingerprint density at radius 3 is 2.67 bits per heavy atom. The molecule has 1 fully saturated rings. The molecule has 0 spiro atoms. The van der Waals surface area contributed by atoms with E-state index in [9.17, 15) is 4.79 Å². The van der Waals surface area contributed by atoms with Gasteiger partial charge in [0.15, 0.2) is 0 Å². The molecular formula is C22H26N2O2S. The lowest BCUT2D eigenvalue weighted by Gasteiger charge is -2.24. The van der Waals surface area contributed by atoms with Gasteiger partial charge >= 0.3 is 0 Å². The minimum Gasteiger partial charge on any atom is -0.497 e. The number of carbonyl (C=O) groups is 1. The van der Waals surface area contributed by atoms with Gasteiger partial charge in [0.25, 0.3) is 0 Å². The van der Waals surface area contributed by atoms with Crippen LogP contribution in [0.1, 0.15) is 17.5 Å². The molecule has 2 aliphatic rings. The summed E-state index contributed by atoms with van der Waals surface area (Å²) in [5, 5.41) is 0.0514. The molecule has 2 aromatic carbocycles. The second-order valence-electron chi connectivity index (χ2n) is 7.22. The Morgan fingerprint density at radius 2 is 1.89 bits per heavy atom. The van der Waals surface area contributed by atoms with Gasteiger partial charge in [-0.25, -0.2) is 0 Å². The Morgan fingerprint density at radius 1 is 1.07 bits per heavy atom. The summed E-state index contributed by atoms with van der Waals surface area (Å²) >= 11 is 1.73. The predicted octanol–water partition coefficient (Wildman–Crippen LogP) is 3.45. The molecule has 27 heavy (non-hydrogen) atoms. The number of hydrogen-bond donors (Lipinski definition) is 0. The normalized spacial score (nSPS) is 20.2. The molecule has 0 N–H and O–H groups in total. The molecule has 1 saturated heterocycles. The number of rotatable bonds is 4. The van der Waals surface area contributed by atoms with Gasteiger partial charge in [-0.2, -0.15) is 0 Å². The third-order valence-corrected chi connectivity index (χ3v) is 6.69. The first kappa shape index (κ1) is 18.4. The third-order valence-electron chi connectivity index (χ3n) is 5.39. The fraction of sp³-hybridized carbons (Fsp3) is 0.409. The molecule has 0 saturated carbocycles. The van der Waals surface area contributed by atoms with Gasteiger partial charge in [0.05, 0.1) is 12.4 Å². The average molecular weight is 383 g/mol. The van der Waals surface area contributed by atoms with E-state index in [1.54, 1.807) is 18.9 Å². The molecule has 4 nitrogen and oxygen atoms in total. The summed E-state index contributed by atoms with van der Waals surface area (Å²) in [5.41, 5.74) is 2.61. The van der Waals surface area contributed by atoms with Crippen LogP contribution in [0.15, 0.2) is 53.4 Å². The van der Waals surface area contributed by atoms with Crippen LogP contribution in [0, 0.1) is 0 Å². The van der Waals surface area contributed by atoms with E-state index in [0.29, 0.717) is 5.91 Å². The number of thioether (sulfide) groups is 1. The van der Waals surface area contributed by atoms with Crippen molar-refractivity contribution in [3.8, 4) is 5.75 Å². The van der Waals surface area contributed by atoms with Crippen molar-refractivity contribution in [1.82, 2.24) is 9.80 Å². The largest absolute Gasteiger partial charge is 0.497 e. The highest BCUT2D eigenvalue weighted by Crippen LogP contribution is 2.37. The average Bonchev–Trinajstić information content (AvgIpc) is 3.01. The van der Waals surface area contributed by atoms with Gasteiger partial charge in [0, 0.05) is 37.6 Å². The molecule has 1 unspecified atom stereocenters. The highest BCUT2D eigenvalue weighted by atomic mass is 32.2. The number of fused-ring (bicyclic) bond motifs is 1. The van der Waals surface area contributed by atoms with Gasteiger partial charge in [-0.3, -0.25) is 9.69 Å². The monoisotopic (exact) mass is 382 g/mol. The van der Waals surface area contributed by atoms with Gasteiger partial charge < -0.3 is 9.64 Å². The number of nitrogens with zero attached hydrogens (tertiary/aromatic N) is 2. The van der Waals surface area contributed by atoms with Crippen LogP contribution in [0.25, 0.3) is 0 Å². The van der Waals surface area contributed by atoms with Crippen LogP contribution in [-0.4, -0.2) is 54.2 Å². The number of ether oxygens (including phenoxy) is 1. The highest BCUT2D eigenvalue weighted by molar-refractivity contribution is 8.01. The van der Waals surface area contributed by atoms with Gasteiger partial charge in [-0.05, 0) is 42.2 Å². The molecule has 2 aliphatic heterocycles. The molecule has 5 heteroatoms. The summed E-state index contributed by atoms with van der Waals surface area (Å²) in [7, 11) is 1.69. The maximum Gasteiger partial charge on any atom is 0.236 e. The third kappa shape index (κ3) is 4.30. The summed E-state index contributed by atoms with van der Waals surface area (Å²) in [5.74, 6) is 1.20. The Balaban J connectivity index is 1.32. The molecule has 2 aromatic rings. The molecule has 0 aromatic heterocycles. The van der Waals surface area contributed by atoms with Crippen molar-refractivity contribution in [3.05, 3.63) is 59.7 Å². The molecule has 1 amide bonds. The Hall–Kier alpha value is -1.98. The van der Waals surface area contributed by atoms with Crippen LogP contribution in [0.2, 0.25) is 0 Å². The number of benzene rings is 2. The first-order valence-electron chi connectivity index (χ1n) is 9.61. The lowest BCUT2D eigenvalue weighted by molar-refractivity contribution is -0.130. The maximum absolute atomic E-state index is 13.0. The zero-order valence-electron chi connectivity index (χ0n) is 15.8. The van der Waals surface area contributed by atoms with Crippen molar-refractivity contribution in [1.29, 1.82) is 0 Å². The molecular weight excluding hydrogens is 356 g/mol. The molecule has 0 bridgehead atoms. The van der Waals surface area contributed by atoms with Gasteiger partial charge in [0.1, 0.15) is 5.75 Å². The van der Waals surface area contributed by atoms with Gasteiger partial charge in [0.2, 0.25) is 5.91 Å². The Bertz CT molecular complexity index is 768. The van der Waals surface area contributed by atoms with E-state index in [1.165, 1.54) is 16.0 Å². The van der Waals surface area contributed by atoms with E-state index in [1.807, 2.05) is 12.1 Å². The molecule has 2 heterocycles. The van der Waals surface area contributed by atoms with Crippen LogP contribution in [-0.2, 0) is 17.8 Å². The summed E-state index contributed by atoms with van der Waals surface area (Å²) in [4.78, 5) is 18.8. The van der Waals surface area contributed by atoms with Crippen LogP contribution >= 0.6 is 11.8 Å². The highest BCUT2D eigenvalue weighted by Gasteiger charge is 2.32. The van der Waals surface area contributed by atoms with Gasteiger partial charge in [-0.15, -0.1) is 11.8 Å². The van der Waals surface area contributed by atoms with Crippen molar-refractivity contribution in [3.63, 3.8) is 0 Å². The van der Waals surface area contributed by atoms with E-state index in [2.05, 4.69) is 46.2 Å². The van der Waals surface area contributed by atoms with E-state index >= 15 is 0 Å². The van der Waals surface area contributed by atoms with Crippen LogP contribution < -0.4 is 4.74 Å². The second kappa shape index (κ2) is 8.36. The summed E-state index contributed by atoms with van der Waals surface area (Å²) in [6.07, 6.45) is 1.90. The maximum atomic E-state index is 13.0. The van der Waals surface area contributed by atoms with Crippen LogP contribution in [0.4, 0.5) is 0 Å². The number of hydrogen-bond acceptors (Lipinski definition) is 4. The topological polar surface area (TPSA) is 32.8 Å². The zero-order valence-corrected chi connectivity index (χ0v) is 16.6. The quantitative estimate of drug-likeness (QED) is 0.811. The lowest BCUT2D eigenvalue weighted by Crippen LogP contribution is -2.40. The second-order valence-corrected chi connectivity index (χ2v) is 8.47. The van der Waals surface area contributed by atoms with Crippen molar-refractivity contribution in [2.45, 2.75) is 29.5 Å². The molecule has 0 aliphatic carbocycles. The fourth-order valence-electron chi connectivity index (χ4n) is 3.86. The van der Waals surface area contributed by atoms with E-state index in [4.69, 9.17) is 4.74 Å². The predicted molar refractivity (Wildman–Crippen MR) is 109 cm³/mol. The molecule has 142 valence electrons. The Kier molecular flexibility index (Phi) is 5.69.